The number of para-hydroxylation sites is 1. The van der Waals surface area contributed by atoms with E-state index in [0.717, 1.165) is 56.5 Å². The summed E-state index contributed by atoms with van der Waals surface area (Å²) in [5.41, 5.74) is 3.39. The van der Waals surface area contributed by atoms with Crippen molar-refractivity contribution in [2.75, 3.05) is 39.6 Å². The minimum absolute atomic E-state index is 0.0751. The summed E-state index contributed by atoms with van der Waals surface area (Å²) in [6, 6.07) is 24.7. The van der Waals surface area contributed by atoms with Crippen molar-refractivity contribution in [3.8, 4) is 5.75 Å². The summed E-state index contributed by atoms with van der Waals surface area (Å²) in [4.78, 5) is 7.47. The van der Waals surface area contributed by atoms with Crippen LogP contribution in [-0.4, -0.2) is 66.3 Å². The van der Waals surface area contributed by atoms with Gasteiger partial charge in [-0.2, -0.15) is 10.2 Å². The summed E-state index contributed by atoms with van der Waals surface area (Å²) in [5.74, 6) is 0.377. The largest absolute Gasteiger partial charge is 0.488 e. The average Bonchev–Trinajstić information content (AvgIpc) is 2.86. The highest BCUT2D eigenvalue weighted by atomic mass is 19.1. The van der Waals surface area contributed by atoms with Crippen LogP contribution in [0.2, 0.25) is 0 Å². The van der Waals surface area contributed by atoms with E-state index < -0.39 is 0 Å². The molecule has 0 amide bonds. The molecule has 0 radical (unpaired) electrons. The number of benzene rings is 3. The van der Waals surface area contributed by atoms with E-state index in [9.17, 15) is 4.39 Å². The molecule has 4 heterocycles. The predicted octanol–water partition coefficient (Wildman–Crippen LogP) is 4.03. The molecule has 0 atom stereocenters. The first-order valence-electron chi connectivity index (χ1n) is 12.0. The van der Waals surface area contributed by atoms with Crippen molar-refractivity contribution in [3.63, 3.8) is 0 Å². The van der Waals surface area contributed by atoms with Crippen LogP contribution < -0.4 is 4.74 Å². The summed E-state index contributed by atoms with van der Waals surface area (Å²) in [6.07, 6.45) is 1.74. The first kappa shape index (κ1) is 22.1. The monoisotopic (exact) mass is 469 g/mol. The maximum Gasteiger partial charge on any atom is 0.129 e. The molecular weight excluding hydrogens is 441 g/mol. The number of halogens is 1. The molecule has 0 aliphatic carbocycles. The molecule has 3 aromatic rings. The Bertz CT molecular complexity index is 1220. The number of ether oxygens (including phenoxy) is 1. The second-order valence-corrected chi connectivity index (χ2v) is 9.67. The summed E-state index contributed by atoms with van der Waals surface area (Å²) >= 11 is 0. The lowest BCUT2D eigenvalue weighted by Gasteiger charge is -2.60. The van der Waals surface area contributed by atoms with Crippen LogP contribution in [0.3, 0.4) is 0 Å². The molecule has 4 fully saturated rings. The number of rotatable bonds is 7. The summed E-state index contributed by atoms with van der Waals surface area (Å²) < 4.78 is 20.0. The van der Waals surface area contributed by atoms with Crippen LogP contribution in [0.5, 0.6) is 5.75 Å². The zero-order chi connectivity index (χ0) is 23.7. The Balaban J connectivity index is 1.28. The zero-order valence-corrected chi connectivity index (χ0v) is 19.6. The molecule has 0 unspecified atom stereocenters. The number of hydrogen-bond acceptors (Lipinski definition) is 6. The molecule has 4 bridgehead atoms. The third kappa shape index (κ3) is 4.50. The van der Waals surface area contributed by atoms with Crippen molar-refractivity contribution in [2.24, 2.45) is 15.6 Å². The van der Waals surface area contributed by atoms with Gasteiger partial charge in [-0.3, -0.25) is 14.7 Å². The summed E-state index contributed by atoms with van der Waals surface area (Å²) in [5, 5.41) is 9.41. The summed E-state index contributed by atoms with van der Waals surface area (Å²) in [7, 11) is 0. The van der Waals surface area contributed by atoms with Crippen LogP contribution in [0.1, 0.15) is 16.7 Å². The van der Waals surface area contributed by atoms with E-state index in [1.807, 2.05) is 36.4 Å². The lowest BCUT2D eigenvalue weighted by Crippen LogP contribution is -2.74. The molecule has 0 spiro atoms. The van der Waals surface area contributed by atoms with E-state index in [4.69, 9.17) is 9.84 Å². The van der Waals surface area contributed by atoms with Crippen LogP contribution in [0, 0.1) is 11.2 Å². The van der Waals surface area contributed by atoms with Gasteiger partial charge in [0.05, 0.1) is 37.3 Å². The highest BCUT2D eigenvalue weighted by Gasteiger charge is 2.51. The minimum atomic E-state index is -0.270. The van der Waals surface area contributed by atoms with Crippen molar-refractivity contribution in [3.05, 3.63) is 101 Å². The van der Waals surface area contributed by atoms with Crippen molar-refractivity contribution >= 4 is 11.9 Å². The Hall–Kier alpha value is -3.39. The fraction of sp³-hybridized carbons (Fsp3) is 0.286. The quantitative estimate of drug-likeness (QED) is 0.387. The van der Waals surface area contributed by atoms with Crippen LogP contribution in [0.4, 0.5) is 4.39 Å². The molecule has 0 N–H and O–H groups in total. The van der Waals surface area contributed by atoms with Crippen LogP contribution in [-0.2, 0) is 6.61 Å². The van der Waals surface area contributed by atoms with Gasteiger partial charge in [-0.1, -0.05) is 60.7 Å². The Morgan fingerprint density at radius 2 is 1.46 bits per heavy atom. The molecular formula is C28H28FN5O. The highest BCUT2D eigenvalue weighted by molar-refractivity contribution is 6.05. The van der Waals surface area contributed by atoms with E-state index in [-0.39, 0.29) is 17.8 Å². The van der Waals surface area contributed by atoms with E-state index >= 15 is 0 Å². The standard InChI is InChI=1S/C28H28FN5O/c29-25-12-6-4-11-24(25)15-35-26-13-7-5-10-23(26)14-30-31-27(22-8-2-1-3-9-22)28-16-32-19-33(17-28)21-34(18-28)20-32/h1-14H,15-21H2. The number of nitrogens with zero attached hydrogens (tertiary/aromatic N) is 5. The molecule has 3 aromatic carbocycles. The van der Waals surface area contributed by atoms with Gasteiger partial charge in [-0.05, 0) is 23.8 Å². The van der Waals surface area contributed by atoms with Gasteiger partial charge in [-0.15, -0.1) is 0 Å². The lowest BCUT2D eigenvalue weighted by molar-refractivity contribution is -0.149. The third-order valence-corrected chi connectivity index (χ3v) is 6.94. The maximum absolute atomic E-state index is 14.0. The van der Waals surface area contributed by atoms with Gasteiger partial charge < -0.3 is 4.74 Å². The third-order valence-electron chi connectivity index (χ3n) is 6.94. The molecule has 178 valence electrons. The van der Waals surface area contributed by atoms with Gasteiger partial charge in [0, 0.05) is 30.8 Å². The maximum atomic E-state index is 14.0. The van der Waals surface area contributed by atoms with Gasteiger partial charge in [0.1, 0.15) is 18.2 Å². The molecule has 4 aliphatic rings. The van der Waals surface area contributed by atoms with Gasteiger partial charge in [-0.25, -0.2) is 4.39 Å². The Morgan fingerprint density at radius 3 is 2.17 bits per heavy atom. The Morgan fingerprint density at radius 1 is 0.829 bits per heavy atom. The SMILES string of the molecule is Fc1ccccc1COc1ccccc1C=NN=C(c1ccccc1)C12CN3CN(CN(C3)C1)C2. The normalized spacial score (nSPS) is 27.5. The molecule has 0 saturated carbocycles. The molecule has 35 heavy (non-hydrogen) atoms. The van der Waals surface area contributed by atoms with Crippen LogP contribution in [0.15, 0.2) is 89.1 Å². The van der Waals surface area contributed by atoms with Gasteiger partial charge in [0.15, 0.2) is 0 Å². The van der Waals surface area contributed by atoms with E-state index in [2.05, 4.69) is 44.1 Å². The fourth-order valence-electron chi connectivity index (χ4n) is 5.65. The van der Waals surface area contributed by atoms with Crippen LogP contribution in [0.25, 0.3) is 0 Å². The van der Waals surface area contributed by atoms with Gasteiger partial charge in [0.2, 0.25) is 0 Å². The smallest absolute Gasteiger partial charge is 0.129 e. The van der Waals surface area contributed by atoms with E-state index in [1.54, 1.807) is 18.3 Å². The predicted molar refractivity (Wildman–Crippen MR) is 135 cm³/mol. The molecule has 0 aromatic heterocycles. The van der Waals surface area contributed by atoms with Gasteiger partial charge >= 0.3 is 0 Å². The van der Waals surface area contributed by atoms with Crippen molar-refractivity contribution in [1.29, 1.82) is 0 Å². The minimum Gasteiger partial charge on any atom is -0.488 e. The van der Waals surface area contributed by atoms with Crippen molar-refractivity contribution in [2.45, 2.75) is 6.61 Å². The molecule has 4 saturated heterocycles. The highest BCUT2D eigenvalue weighted by Crippen LogP contribution is 2.38. The molecule has 7 heteroatoms. The van der Waals surface area contributed by atoms with Crippen molar-refractivity contribution < 1.29 is 9.13 Å². The molecule has 7 rings (SSSR count). The second-order valence-electron chi connectivity index (χ2n) is 9.67. The average molecular weight is 470 g/mol. The summed E-state index contributed by atoms with van der Waals surface area (Å²) in [6.45, 7) is 6.20. The van der Waals surface area contributed by atoms with Gasteiger partial charge in [0.25, 0.3) is 0 Å². The zero-order valence-electron chi connectivity index (χ0n) is 19.6. The van der Waals surface area contributed by atoms with E-state index in [1.165, 1.54) is 6.07 Å². The fourth-order valence-corrected chi connectivity index (χ4v) is 5.65. The number of hydrogen-bond donors (Lipinski definition) is 0. The first-order valence-corrected chi connectivity index (χ1v) is 12.0. The topological polar surface area (TPSA) is 43.7 Å². The van der Waals surface area contributed by atoms with E-state index in [0.29, 0.717) is 11.3 Å². The second kappa shape index (κ2) is 9.34. The first-order chi connectivity index (χ1) is 17.2. The van der Waals surface area contributed by atoms with Crippen molar-refractivity contribution in [1.82, 2.24) is 14.7 Å². The Kier molecular flexibility index (Phi) is 5.90. The Labute approximate surface area is 204 Å². The van der Waals surface area contributed by atoms with Crippen LogP contribution >= 0.6 is 0 Å². The molecule has 6 nitrogen and oxygen atoms in total. The molecule has 4 aliphatic heterocycles. The lowest BCUT2D eigenvalue weighted by atomic mass is 9.74.